The molecule has 8 nitrogen and oxygen atoms in total. The van der Waals surface area contributed by atoms with Gasteiger partial charge in [0.1, 0.15) is 5.82 Å². The molecule has 1 fully saturated rings. The number of anilines is 3. The van der Waals surface area contributed by atoms with Crippen LogP contribution in [0.2, 0.25) is 0 Å². The number of aryl methyl sites for hydroxylation is 3. The van der Waals surface area contributed by atoms with Crippen molar-refractivity contribution in [1.29, 1.82) is 0 Å². The number of hydrogen-bond acceptors (Lipinski definition) is 6. The predicted molar refractivity (Wildman–Crippen MR) is 133 cm³/mol. The monoisotopic (exact) mass is 461 g/mol. The molecule has 1 saturated heterocycles. The van der Waals surface area contributed by atoms with Crippen molar-refractivity contribution in [3.63, 3.8) is 0 Å². The molecule has 3 N–H and O–H groups in total. The molecule has 1 aromatic carbocycles. The van der Waals surface area contributed by atoms with Gasteiger partial charge in [0.2, 0.25) is 0 Å². The van der Waals surface area contributed by atoms with Crippen molar-refractivity contribution in [1.82, 2.24) is 19.9 Å². The van der Waals surface area contributed by atoms with Gasteiger partial charge in [0.05, 0.1) is 16.9 Å². The second-order valence-corrected chi connectivity index (χ2v) is 9.45. The number of fused-ring (bicyclic) bond motifs is 1. The van der Waals surface area contributed by atoms with Crippen LogP contribution in [0, 0.1) is 6.92 Å². The molecular formula is C24H27N7OS. The summed E-state index contributed by atoms with van der Waals surface area (Å²) < 4.78 is 0. The van der Waals surface area contributed by atoms with E-state index in [0.29, 0.717) is 5.13 Å². The molecular weight excluding hydrogens is 434 g/mol. The molecule has 170 valence electrons. The standard InChI is InChI=1S/C24H27N7OS/c1-16-7-9-18(20(14-16)31-12-3-2-4-13-31)28-23(32)30-24-26-15-17(33-24)8-10-21-27-19-6-5-11-25-22(19)29-21/h5-7,9,11,14-15H,2-4,8,10,12-13H2,1H3,(H,25,27,29)(H2,26,28,30,32). The molecule has 1 aliphatic heterocycles. The molecule has 33 heavy (non-hydrogen) atoms. The number of aromatic nitrogens is 4. The van der Waals surface area contributed by atoms with Gasteiger partial charge < -0.3 is 15.2 Å². The number of amides is 2. The minimum atomic E-state index is -0.277. The van der Waals surface area contributed by atoms with Gasteiger partial charge in [0.15, 0.2) is 10.8 Å². The summed E-state index contributed by atoms with van der Waals surface area (Å²) in [6.07, 6.45) is 8.74. The highest BCUT2D eigenvalue weighted by atomic mass is 32.1. The van der Waals surface area contributed by atoms with Crippen LogP contribution in [0.25, 0.3) is 11.2 Å². The van der Waals surface area contributed by atoms with E-state index >= 15 is 0 Å². The van der Waals surface area contributed by atoms with Gasteiger partial charge in [-0.2, -0.15) is 0 Å². The minimum Gasteiger partial charge on any atom is -0.370 e. The summed E-state index contributed by atoms with van der Waals surface area (Å²) >= 11 is 1.48. The Balaban J connectivity index is 1.20. The number of H-pyrrole nitrogens is 1. The number of thiazole rings is 1. The normalized spacial score (nSPS) is 13.9. The highest BCUT2D eigenvalue weighted by Crippen LogP contribution is 2.30. The summed E-state index contributed by atoms with van der Waals surface area (Å²) in [5.41, 5.74) is 4.78. The van der Waals surface area contributed by atoms with Crippen LogP contribution in [-0.4, -0.2) is 39.1 Å². The van der Waals surface area contributed by atoms with Crippen molar-refractivity contribution >= 4 is 45.0 Å². The van der Waals surface area contributed by atoms with Crippen LogP contribution in [0.5, 0.6) is 0 Å². The SMILES string of the molecule is Cc1ccc(NC(=O)Nc2ncc(CCc3nc4ncccc4[nH]3)s2)c(N2CCCCC2)c1. The topological polar surface area (TPSA) is 98.8 Å². The highest BCUT2D eigenvalue weighted by Gasteiger charge is 2.17. The third-order valence-electron chi connectivity index (χ3n) is 5.79. The van der Waals surface area contributed by atoms with Crippen LogP contribution in [0.4, 0.5) is 21.3 Å². The molecule has 0 bridgehead atoms. The molecule has 0 saturated carbocycles. The van der Waals surface area contributed by atoms with Crippen molar-refractivity contribution in [3.05, 3.63) is 59.0 Å². The summed E-state index contributed by atoms with van der Waals surface area (Å²) in [5.74, 6) is 0.897. The Morgan fingerprint density at radius 1 is 1.12 bits per heavy atom. The number of benzene rings is 1. The molecule has 4 heterocycles. The Bertz CT molecular complexity index is 1230. The van der Waals surface area contributed by atoms with E-state index in [-0.39, 0.29) is 6.03 Å². The fraction of sp³-hybridized carbons (Fsp3) is 0.333. The lowest BCUT2D eigenvalue weighted by atomic mass is 10.1. The lowest BCUT2D eigenvalue weighted by Crippen LogP contribution is -2.31. The third kappa shape index (κ3) is 5.14. The number of pyridine rings is 1. The first-order valence-corrected chi connectivity index (χ1v) is 12.1. The number of piperidine rings is 1. The number of nitrogens with one attached hydrogen (secondary N) is 3. The van der Waals surface area contributed by atoms with E-state index in [4.69, 9.17) is 0 Å². The maximum atomic E-state index is 12.7. The van der Waals surface area contributed by atoms with Crippen molar-refractivity contribution in [2.24, 2.45) is 0 Å². The van der Waals surface area contributed by atoms with Gasteiger partial charge in [-0.05, 0) is 62.4 Å². The van der Waals surface area contributed by atoms with Gasteiger partial charge in [0.25, 0.3) is 0 Å². The van der Waals surface area contributed by atoms with E-state index in [9.17, 15) is 4.79 Å². The Labute approximate surface area is 196 Å². The maximum absolute atomic E-state index is 12.7. The fourth-order valence-corrected chi connectivity index (χ4v) is 4.94. The zero-order chi connectivity index (χ0) is 22.6. The Kier molecular flexibility index (Phi) is 6.21. The first-order chi connectivity index (χ1) is 16.1. The van der Waals surface area contributed by atoms with Crippen molar-refractivity contribution in [2.75, 3.05) is 28.6 Å². The number of nitrogens with zero attached hydrogens (tertiary/aromatic N) is 4. The molecule has 0 unspecified atom stereocenters. The molecule has 0 radical (unpaired) electrons. The quantitative estimate of drug-likeness (QED) is 0.369. The summed E-state index contributed by atoms with van der Waals surface area (Å²) in [6, 6.07) is 9.74. The zero-order valence-corrected chi connectivity index (χ0v) is 19.4. The molecule has 0 aliphatic carbocycles. The van der Waals surface area contributed by atoms with Gasteiger partial charge in [-0.25, -0.2) is 19.7 Å². The predicted octanol–water partition coefficient (Wildman–Crippen LogP) is 5.14. The lowest BCUT2D eigenvalue weighted by molar-refractivity contribution is 0.262. The largest absolute Gasteiger partial charge is 0.370 e. The molecule has 0 atom stereocenters. The number of rotatable bonds is 6. The van der Waals surface area contributed by atoms with Crippen molar-refractivity contribution in [2.45, 2.75) is 39.0 Å². The molecule has 0 spiro atoms. The van der Waals surface area contributed by atoms with Gasteiger partial charge in [-0.3, -0.25) is 5.32 Å². The van der Waals surface area contributed by atoms with E-state index in [1.807, 2.05) is 30.5 Å². The van der Waals surface area contributed by atoms with Gasteiger partial charge >= 0.3 is 6.03 Å². The number of carbonyl (C=O) groups is 1. The summed E-state index contributed by atoms with van der Waals surface area (Å²) in [4.78, 5) is 32.6. The van der Waals surface area contributed by atoms with Crippen molar-refractivity contribution in [3.8, 4) is 0 Å². The Hall–Kier alpha value is -3.46. The van der Waals surface area contributed by atoms with Crippen LogP contribution < -0.4 is 15.5 Å². The number of imidazole rings is 1. The van der Waals surface area contributed by atoms with E-state index in [1.54, 1.807) is 6.20 Å². The summed E-state index contributed by atoms with van der Waals surface area (Å²) in [5, 5.41) is 6.48. The third-order valence-corrected chi connectivity index (χ3v) is 6.76. The lowest BCUT2D eigenvalue weighted by Gasteiger charge is -2.30. The van der Waals surface area contributed by atoms with Crippen molar-refractivity contribution < 1.29 is 4.79 Å². The second-order valence-electron chi connectivity index (χ2n) is 8.34. The molecule has 2 amide bonds. The van der Waals surface area contributed by atoms with E-state index in [2.05, 4.69) is 48.5 Å². The average Bonchev–Trinajstić information content (AvgIpc) is 3.45. The molecule has 1 aliphatic rings. The summed E-state index contributed by atoms with van der Waals surface area (Å²) in [6.45, 7) is 4.13. The van der Waals surface area contributed by atoms with Crippen LogP contribution in [-0.2, 0) is 12.8 Å². The first kappa shape index (κ1) is 21.4. The summed E-state index contributed by atoms with van der Waals surface area (Å²) in [7, 11) is 0. The number of hydrogen-bond donors (Lipinski definition) is 3. The molecule has 3 aromatic heterocycles. The second kappa shape index (κ2) is 9.58. The number of urea groups is 1. The fourth-order valence-electron chi connectivity index (χ4n) is 4.13. The minimum absolute atomic E-state index is 0.277. The number of carbonyl (C=O) groups excluding carboxylic acids is 1. The van der Waals surface area contributed by atoms with Crippen LogP contribution in [0.1, 0.15) is 35.5 Å². The molecule has 5 rings (SSSR count). The van der Waals surface area contributed by atoms with Crippen LogP contribution in [0.15, 0.2) is 42.7 Å². The Morgan fingerprint density at radius 3 is 2.85 bits per heavy atom. The maximum Gasteiger partial charge on any atom is 0.325 e. The molecule has 4 aromatic rings. The highest BCUT2D eigenvalue weighted by molar-refractivity contribution is 7.15. The van der Waals surface area contributed by atoms with Crippen LogP contribution >= 0.6 is 11.3 Å². The smallest absolute Gasteiger partial charge is 0.325 e. The number of aromatic amines is 1. The Morgan fingerprint density at radius 2 is 2.00 bits per heavy atom. The van der Waals surface area contributed by atoms with E-state index in [0.717, 1.165) is 59.2 Å². The van der Waals surface area contributed by atoms with Gasteiger partial charge in [-0.15, -0.1) is 11.3 Å². The van der Waals surface area contributed by atoms with E-state index < -0.39 is 0 Å². The van der Waals surface area contributed by atoms with Gasteiger partial charge in [-0.1, -0.05) is 6.07 Å². The van der Waals surface area contributed by atoms with Crippen LogP contribution in [0.3, 0.4) is 0 Å². The zero-order valence-electron chi connectivity index (χ0n) is 18.6. The first-order valence-electron chi connectivity index (χ1n) is 11.3. The van der Waals surface area contributed by atoms with E-state index in [1.165, 1.54) is 36.2 Å². The molecule has 9 heteroatoms. The van der Waals surface area contributed by atoms with Gasteiger partial charge in [0, 0.05) is 36.8 Å². The average molecular weight is 462 g/mol.